The van der Waals surface area contributed by atoms with Crippen LogP contribution in [0.25, 0.3) is 0 Å². The second-order valence-electron chi connectivity index (χ2n) is 6.01. The molecule has 1 aliphatic carbocycles. The Bertz CT molecular complexity index is 581. The van der Waals surface area contributed by atoms with E-state index in [-0.39, 0.29) is 30.2 Å². The molecule has 0 bridgehead atoms. The van der Waals surface area contributed by atoms with Gasteiger partial charge in [0.1, 0.15) is 12.2 Å². The molecule has 1 aromatic rings. The molecule has 0 saturated carbocycles. The summed E-state index contributed by atoms with van der Waals surface area (Å²) in [5.41, 5.74) is 0.727. The molecule has 0 N–H and O–H groups in total. The van der Waals surface area contributed by atoms with Gasteiger partial charge in [0.05, 0.1) is 12.1 Å². The van der Waals surface area contributed by atoms with Gasteiger partial charge in [0.25, 0.3) is 5.91 Å². The number of amides is 1. The van der Waals surface area contributed by atoms with Crippen molar-refractivity contribution < 1.29 is 14.3 Å². The smallest absolute Gasteiger partial charge is 0.254 e. The van der Waals surface area contributed by atoms with Crippen LogP contribution < -0.4 is 0 Å². The Morgan fingerprint density at radius 3 is 2.65 bits per heavy atom. The summed E-state index contributed by atoms with van der Waals surface area (Å²) in [5, 5.41) is 0. The van der Waals surface area contributed by atoms with E-state index in [1.54, 1.807) is 0 Å². The number of carbonyl (C=O) groups is 1. The van der Waals surface area contributed by atoms with Crippen LogP contribution in [0.1, 0.15) is 24.2 Å². The predicted molar refractivity (Wildman–Crippen MR) is 73.2 cm³/mol. The zero-order chi connectivity index (χ0) is 13.9. The first-order chi connectivity index (χ1) is 9.57. The predicted octanol–water partition coefficient (Wildman–Crippen LogP) is 1.97. The summed E-state index contributed by atoms with van der Waals surface area (Å²) < 4.78 is 11.8. The topological polar surface area (TPSA) is 38.5 Å². The summed E-state index contributed by atoms with van der Waals surface area (Å²) in [6, 6.07) is 9.65. The highest BCUT2D eigenvalue weighted by Crippen LogP contribution is 2.45. The van der Waals surface area contributed by atoms with Crippen LogP contribution in [-0.4, -0.2) is 40.9 Å². The van der Waals surface area contributed by atoms with Crippen LogP contribution in [0.4, 0.5) is 0 Å². The van der Waals surface area contributed by atoms with Crippen molar-refractivity contribution in [2.45, 2.75) is 43.9 Å². The fraction of sp³-hybridized carbons (Fsp3) is 0.438. The van der Waals surface area contributed by atoms with Gasteiger partial charge >= 0.3 is 0 Å². The van der Waals surface area contributed by atoms with Crippen LogP contribution in [0.3, 0.4) is 0 Å². The average molecular weight is 271 g/mol. The molecule has 2 aliphatic heterocycles. The van der Waals surface area contributed by atoms with Crippen molar-refractivity contribution in [3.05, 3.63) is 48.0 Å². The van der Waals surface area contributed by atoms with Crippen molar-refractivity contribution in [2.24, 2.45) is 0 Å². The van der Waals surface area contributed by atoms with Gasteiger partial charge < -0.3 is 14.4 Å². The molecule has 4 atom stereocenters. The minimum Gasteiger partial charge on any atom is -0.342 e. The summed E-state index contributed by atoms with van der Waals surface area (Å²) in [5.74, 6) is -0.502. The molecule has 3 aliphatic rings. The Hall–Kier alpha value is -1.65. The maximum atomic E-state index is 12.5. The normalized spacial score (nSPS) is 36.4. The summed E-state index contributed by atoms with van der Waals surface area (Å²) >= 11 is 0. The lowest BCUT2D eigenvalue weighted by molar-refractivity contribution is -0.143. The zero-order valence-corrected chi connectivity index (χ0v) is 11.5. The lowest BCUT2D eigenvalue weighted by Crippen LogP contribution is -2.32. The molecule has 1 aromatic carbocycles. The number of fused-ring (bicyclic) bond motifs is 3. The minimum absolute atomic E-state index is 0.0418. The van der Waals surface area contributed by atoms with E-state index in [1.807, 2.05) is 55.2 Å². The van der Waals surface area contributed by atoms with Gasteiger partial charge in [-0.05, 0) is 26.0 Å². The third-order valence-corrected chi connectivity index (χ3v) is 4.16. The van der Waals surface area contributed by atoms with E-state index in [0.29, 0.717) is 0 Å². The number of hydrogen-bond acceptors (Lipinski definition) is 3. The monoisotopic (exact) mass is 271 g/mol. The van der Waals surface area contributed by atoms with Crippen molar-refractivity contribution in [1.82, 2.24) is 4.90 Å². The Labute approximate surface area is 118 Å². The molecule has 2 saturated heterocycles. The number of nitrogens with zero attached hydrogens (tertiary/aromatic N) is 1. The highest BCUT2D eigenvalue weighted by atomic mass is 16.8. The molecule has 1 amide bonds. The third-order valence-electron chi connectivity index (χ3n) is 4.16. The van der Waals surface area contributed by atoms with E-state index in [1.165, 1.54) is 0 Å². The second kappa shape index (κ2) is 3.93. The largest absolute Gasteiger partial charge is 0.342 e. The standard InChI is InChI=1S/C16H17NO3/c1-16(2)19-12-9-8-11-13(14(12)20-16)17(11)15(18)10-6-4-3-5-7-10/h3-9,11-14H,1-2H3/t11-,12-,13-,14-,17?/m1/s1. The Morgan fingerprint density at radius 2 is 1.90 bits per heavy atom. The molecule has 0 unspecified atom stereocenters. The maximum absolute atomic E-state index is 12.5. The maximum Gasteiger partial charge on any atom is 0.254 e. The fourth-order valence-corrected chi connectivity index (χ4v) is 3.28. The van der Waals surface area contributed by atoms with E-state index < -0.39 is 5.79 Å². The Morgan fingerprint density at radius 1 is 1.15 bits per heavy atom. The van der Waals surface area contributed by atoms with E-state index in [0.717, 1.165) is 5.56 Å². The molecule has 4 rings (SSSR count). The van der Waals surface area contributed by atoms with Gasteiger partial charge in [-0.25, -0.2) is 0 Å². The molecule has 104 valence electrons. The van der Waals surface area contributed by atoms with Gasteiger partial charge in [0.2, 0.25) is 0 Å². The number of hydrogen-bond donors (Lipinski definition) is 0. The van der Waals surface area contributed by atoms with Gasteiger partial charge in [-0.1, -0.05) is 30.4 Å². The second-order valence-corrected chi connectivity index (χ2v) is 6.01. The van der Waals surface area contributed by atoms with Gasteiger partial charge in [-0.3, -0.25) is 4.79 Å². The first-order valence-corrected chi connectivity index (χ1v) is 6.98. The van der Waals surface area contributed by atoms with Crippen molar-refractivity contribution in [1.29, 1.82) is 0 Å². The number of carbonyl (C=O) groups excluding carboxylic acids is 1. The van der Waals surface area contributed by atoms with E-state index in [2.05, 4.69) is 6.08 Å². The highest BCUT2D eigenvalue weighted by molar-refractivity contribution is 5.97. The van der Waals surface area contributed by atoms with E-state index >= 15 is 0 Å². The van der Waals surface area contributed by atoms with Crippen molar-refractivity contribution in [3.8, 4) is 0 Å². The molecule has 2 fully saturated rings. The van der Waals surface area contributed by atoms with E-state index in [9.17, 15) is 4.79 Å². The van der Waals surface area contributed by atoms with Crippen molar-refractivity contribution in [2.75, 3.05) is 0 Å². The first-order valence-electron chi connectivity index (χ1n) is 6.98. The summed E-state index contributed by atoms with van der Waals surface area (Å²) in [6.45, 7) is 3.83. The van der Waals surface area contributed by atoms with Gasteiger partial charge in [0.15, 0.2) is 5.79 Å². The third kappa shape index (κ3) is 1.72. The van der Waals surface area contributed by atoms with Crippen molar-refractivity contribution >= 4 is 5.91 Å². The minimum atomic E-state index is -0.571. The molecular formula is C16H17NO3. The van der Waals surface area contributed by atoms with Gasteiger partial charge in [0, 0.05) is 5.56 Å². The van der Waals surface area contributed by atoms with Gasteiger partial charge in [-0.15, -0.1) is 0 Å². The molecule has 4 heteroatoms. The van der Waals surface area contributed by atoms with Crippen LogP contribution in [0.5, 0.6) is 0 Å². The molecule has 2 heterocycles. The Balaban J connectivity index is 1.57. The lowest BCUT2D eigenvalue weighted by Gasteiger charge is -2.16. The Kier molecular flexibility index (Phi) is 2.38. The quantitative estimate of drug-likeness (QED) is 0.579. The average Bonchev–Trinajstić information content (AvgIpc) is 3.07. The molecular weight excluding hydrogens is 254 g/mol. The molecule has 4 nitrogen and oxygen atoms in total. The number of benzene rings is 1. The number of rotatable bonds is 1. The number of ether oxygens (including phenoxy) is 2. The zero-order valence-electron chi connectivity index (χ0n) is 11.5. The SMILES string of the molecule is CC1(C)O[C@H]2[C@H]3[C@@H](C=C[C@H]2O1)N3C(=O)c1ccccc1. The molecule has 0 radical (unpaired) electrons. The van der Waals surface area contributed by atoms with Crippen molar-refractivity contribution in [3.63, 3.8) is 0 Å². The van der Waals surface area contributed by atoms with Crippen LogP contribution in [-0.2, 0) is 9.47 Å². The van der Waals surface area contributed by atoms with Crippen LogP contribution in [0, 0.1) is 0 Å². The fourth-order valence-electron chi connectivity index (χ4n) is 3.28. The first kappa shape index (κ1) is 12.1. The van der Waals surface area contributed by atoms with Gasteiger partial charge in [-0.2, -0.15) is 0 Å². The summed E-state index contributed by atoms with van der Waals surface area (Å²) in [6.07, 6.45) is 4.00. The molecule has 0 spiro atoms. The van der Waals surface area contributed by atoms with Crippen LogP contribution in [0.15, 0.2) is 42.5 Å². The summed E-state index contributed by atoms with van der Waals surface area (Å²) in [7, 11) is 0. The van der Waals surface area contributed by atoms with E-state index in [4.69, 9.17) is 9.47 Å². The molecule has 0 aromatic heterocycles. The lowest BCUT2D eigenvalue weighted by atomic mass is 10.0. The summed E-state index contributed by atoms with van der Waals surface area (Å²) in [4.78, 5) is 14.4. The molecule has 20 heavy (non-hydrogen) atoms. The van der Waals surface area contributed by atoms with Crippen LogP contribution in [0.2, 0.25) is 0 Å². The highest BCUT2D eigenvalue weighted by Gasteiger charge is 2.61. The van der Waals surface area contributed by atoms with Crippen LogP contribution >= 0.6 is 0 Å².